The smallest absolute Gasteiger partial charge is 0.240 e. The first-order valence-electron chi connectivity index (χ1n) is 8.71. The molecule has 26 heavy (non-hydrogen) atoms. The van der Waals surface area contributed by atoms with E-state index in [0.717, 1.165) is 35.3 Å². The molecule has 1 N–H and O–H groups in total. The first-order valence-corrected chi connectivity index (χ1v) is 11.1. The molecular weight excluding hydrogens is 364 g/mol. The summed E-state index contributed by atoms with van der Waals surface area (Å²) in [6, 6.07) is 11.5. The molecular formula is C20H20N2O2S2. The second-order valence-electron chi connectivity index (χ2n) is 6.52. The highest BCUT2D eigenvalue weighted by atomic mass is 32.2. The van der Waals surface area contributed by atoms with Crippen LogP contribution in [0.4, 0.5) is 0 Å². The maximum absolute atomic E-state index is 12.7. The van der Waals surface area contributed by atoms with Gasteiger partial charge in [-0.3, -0.25) is 4.98 Å². The Morgan fingerprint density at radius 3 is 2.69 bits per heavy atom. The Hall–Kier alpha value is -2.02. The molecule has 0 bridgehead atoms. The predicted molar refractivity (Wildman–Crippen MR) is 105 cm³/mol. The Kier molecular flexibility index (Phi) is 4.89. The molecule has 1 aliphatic carbocycles. The lowest BCUT2D eigenvalue weighted by molar-refractivity contribution is 0.580. The zero-order valence-corrected chi connectivity index (χ0v) is 15.9. The highest BCUT2D eigenvalue weighted by Gasteiger charge is 2.17. The standard InChI is InChI=1S/C20H20N2O2S2/c23-26(24,19-8-7-16-4-1-2-5-17(16)11-19)22-13-15-10-18(14-21-12-15)20-6-3-9-25-20/h3,6-12,14,22H,1-2,4-5,13H2. The topological polar surface area (TPSA) is 59.1 Å². The van der Waals surface area contributed by atoms with E-state index in [1.807, 2.05) is 35.7 Å². The largest absolute Gasteiger partial charge is 0.264 e. The minimum Gasteiger partial charge on any atom is -0.264 e. The first kappa shape index (κ1) is 17.4. The van der Waals surface area contributed by atoms with Gasteiger partial charge in [0, 0.05) is 29.4 Å². The minimum absolute atomic E-state index is 0.228. The molecule has 4 nitrogen and oxygen atoms in total. The molecule has 0 saturated heterocycles. The van der Waals surface area contributed by atoms with E-state index in [-0.39, 0.29) is 6.54 Å². The molecule has 0 amide bonds. The summed E-state index contributed by atoms with van der Waals surface area (Å²) in [5.74, 6) is 0. The Morgan fingerprint density at radius 1 is 1.04 bits per heavy atom. The number of benzene rings is 1. The van der Waals surface area contributed by atoms with Gasteiger partial charge < -0.3 is 0 Å². The summed E-state index contributed by atoms with van der Waals surface area (Å²) in [6.07, 6.45) is 7.82. The van der Waals surface area contributed by atoms with Crippen LogP contribution >= 0.6 is 11.3 Å². The third-order valence-electron chi connectivity index (χ3n) is 4.70. The average Bonchev–Trinajstić information content (AvgIpc) is 3.21. The first-order chi connectivity index (χ1) is 12.6. The van der Waals surface area contributed by atoms with E-state index in [2.05, 4.69) is 9.71 Å². The number of hydrogen-bond donors (Lipinski definition) is 1. The van der Waals surface area contributed by atoms with E-state index >= 15 is 0 Å². The summed E-state index contributed by atoms with van der Waals surface area (Å²) in [5, 5.41) is 2.01. The molecule has 0 aliphatic heterocycles. The quantitative estimate of drug-likeness (QED) is 0.718. The van der Waals surface area contributed by atoms with E-state index < -0.39 is 10.0 Å². The second kappa shape index (κ2) is 7.31. The van der Waals surface area contributed by atoms with Gasteiger partial charge in [0.25, 0.3) is 0 Å². The average molecular weight is 385 g/mol. The Labute approximate surface area is 158 Å². The third-order valence-corrected chi connectivity index (χ3v) is 7.01. The molecule has 0 atom stereocenters. The van der Waals surface area contributed by atoms with Crippen LogP contribution in [0, 0.1) is 0 Å². The van der Waals surface area contributed by atoms with E-state index in [1.165, 1.54) is 17.5 Å². The molecule has 1 aromatic carbocycles. The summed E-state index contributed by atoms with van der Waals surface area (Å²) in [4.78, 5) is 5.71. The van der Waals surface area contributed by atoms with Crippen molar-refractivity contribution >= 4 is 21.4 Å². The van der Waals surface area contributed by atoms with Gasteiger partial charge in [-0.15, -0.1) is 11.3 Å². The van der Waals surface area contributed by atoms with E-state index in [1.54, 1.807) is 29.8 Å². The summed E-state index contributed by atoms with van der Waals surface area (Å²) in [7, 11) is -3.53. The van der Waals surface area contributed by atoms with Gasteiger partial charge >= 0.3 is 0 Å². The van der Waals surface area contributed by atoms with Crippen molar-refractivity contribution in [2.24, 2.45) is 0 Å². The minimum atomic E-state index is -3.53. The van der Waals surface area contributed by atoms with Gasteiger partial charge in [0.2, 0.25) is 10.0 Å². The van der Waals surface area contributed by atoms with Crippen molar-refractivity contribution < 1.29 is 8.42 Å². The summed E-state index contributed by atoms with van der Waals surface area (Å²) in [5.41, 5.74) is 4.30. The fourth-order valence-electron chi connectivity index (χ4n) is 3.30. The van der Waals surface area contributed by atoms with Gasteiger partial charge in [0.15, 0.2) is 0 Å². The molecule has 0 saturated carbocycles. The van der Waals surface area contributed by atoms with E-state index in [0.29, 0.717) is 4.90 Å². The lowest BCUT2D eigenvalue weighted by atomic mass is 9.92. The maximum Gasteiger partial charge on any atom is 0.240 e. The monoisotopic (exact) mass is 384 g/mol. The molecule has 0 spiro atoms. The number of sulfonamides is 1. The van der Waals surface area contributed by atoms with Crippen LogP contribution in [-0.4, -0.2) is 13.4 Å². The van der Waals surface area contributed by atoms with Crippen LogP contribution in [0.5, 0.6) is 0 Å². The van der Waals surface area contributed by atoms with Crippen molar-refractivity contribution in [1.82, 2.24) is 9.71 Å². The SMILES string of the molecule is O=S(=O)(NCc1cncc(-c2cccs2)c1)c1ccc2c(c1)CCCC2. The zero-order chi connectivity index (χ0) is 18.0. The number of aryl methyl sites for hydroxylation is 2. The zero-order valence-electron chi connectivity index (χ0n) is 14.3. The Balaban J connectivity index is 1.51. The van der Waals surface area contributed by atoms with Crippen molar-refractivity contribution in [3.8, 4) is 10.4 Å². The summed E-state index contributed by atoms with van der Waals surface area (Å²) in [6.45, 7) is 0.228. The molecule has 2 aromatic heterocycles. The number of nitrogens with zero attached hydrogens (tertiary/aromatic N) is 1. The fraction of sp³-hybridized carbons (Fsp3) is 0.250. The summed E-state index contributed by atoms with van der Waals surface area (Å²) >= 11 is 1.64. The number of hydrogen-bond acceptors (Lipinski definition) is 4. The van der Waals surface area contributed by atoms with E-state index in [9.17, 15) is 8.42 Å². The highest BCUT2D eigenvalue weighted by molar-refractivity contribution is 7.89. The van der Waals surface area contributed by atoms with E-state index in [4.69, 9.17) is 0 Å². The van der Waals surface area contributed by atoms with Crippen molar-refractivity contribution in [2.75, 3.05) is 0 Å². The van der Waals surface area contributed by atoms with Gasteiger partial charge in [-0.25, -0.2) is 13.1 Å². The van der Waals surface area contributed by atoms with Gasteiger partial charge in [-0.05, 0) is 72.0 Å². The van der Waals surface area contributed by atoms with Crippen LogP contribution < -0.4 is 4.72 Å². The van der Waals surface area contributed by atoms with Crippen molar-refractivity contribution in [2.45, 2.75) is 37.1 Å². The Morgan fingerprint density at radius 2 is 1.88 bits per heavy atom. The summed E-state index contributed by atoms with van der Waals surface area (Å²) < 4.78 is 28.1. The predicted octanol–water partition coefficient (Wildman–Crippen LogP) is 4.17. The number of rotatable bonds is 5. The van der Waals surface area contributed by atoms with Crippen LogP contribution in [0.2, 0.25) is 0 Å². The number of aromatic nitrogens is 1. The van der Waals surface area contributed by atoms with Crippen LogP contribution in [0.1, 0.15) is 29.5 Å². The molecule has 134 valence electrons. The maximum atomic E-state index is 12.7. The van der Waals surface area contributed by atoms with Gasteiger partial charge in [0.05, 0.1) is 4.90 Å². The highest BCUT2D eigenvalue weighted by Crippen LogP contribution is 2.25. The number of nitrogens with one attached hydrogen (secondary N) is 1. The molecule has 0 unspecified atom stereocenters. The van der Waals surface area contributed by atoms with Gasteiger partial charge in [0.1, 0.15) is 0 Å². The van der Waals surface area contributed by atoms with Crippen LogP contribution in [0.15, 0.2) is 59.1 Å². The molecule has 4 rings (SSSR count). The third kappa shape index (κ3) is 3.72. The molecule has 0 fully saturated rings. The number of thiophene rings is 1. The van der Waals surface area contributed by atoms with Gasteiger partial charge in [-0.2, -0.15) is 0 Å². The molecule has 3 aromatic rings. The van der Waals surface area contributed by atoms with Crippen molar-refractivity contribution in [3.05, 3.63) is 70.9 Å². The lowest BCUT2D eigenvalue weighted by Crippen LogP contribution is -2.23. The van der Waals surface area contributed by atoms with Crippen LogP contribution in [0.25, 0.3) is 10.4 Å². The Bertz CT molecular complexity index is 1010. The molecule has 0 radical (unpaired) electrons. The normalized spacial score (nSPS) is 14.2. The molecule has 6 heteroatoms. The van der Waals surface area contributed by atoms with Crippen LogP contribution in [0.3, 0.4) is 0 Å². The lowest BCUT2D eigenvalue weighted by Gasteiger charge is -2.16. The van der Waals surface area contributed by atoms with Crippen molar-refractivity contribution in [1.29, 1.82) is 0 Å². The van der Waals surface area contributed by atoms with Crippen molar-refractivity contribution in [3.63, 3.8) is 0 Å². The number of fused-ring (bicyclic) bond motifs is 1. The molecule has 2 heterocycles. The van der Waals surface area contributed by atoms with Gasteiger partial charge in [-0.1, -0.05) is 12.1 Å². The van der Waals surface area contributed by atoms with Crippen LogP contribution in [-0.2, 0) is 29.4 Å². The fourth-order valence-corrected chi connectivity index (χ4v) is 5.08. The second-order valence-corrected chi connectivity index (χ2v) is 9.24. The number of pyridine rings is 1. The molecule has 1 aliphatic rings.